The second-order valence-electron chi connectivity index (χ2n) is 4.19. The van der Waals surface area contributed by atoms with E-state index in [-0.39, 0.29) is 23.7 Å². The predicted octanol–water partition coefficient (Wildman–Crippen LogP) is 3.30. The van der Waals surface area contributed by atoms with Crippen molar-refractivity contribution in [3.63, 3.8) is 0 Å². The zero-order valence-corrected chi connectivity index (χ0v) is 10.2. The molecular weight excluding hydrogens is 252 g/mol. The minimum absolute atomic E-state index is 0.00245. The summed E-state index contributed by atoms with van der Waals surface area (Å²) in [5.74, 6) is -1.95. The second kappa shape index (κ2) is 5.14. The normalized spacial score (nSPS) is 10.5. The topological polar surface area (TPSA) is 52.5 Å². The molecule has 3 nitrogen and oxygen atoms in total. The molecular formula is C14H13F2NO2. The predicted molar refractivity (Wildman–Crippen MR) is 68.2 cm³/mol. The highest BCUT2D eigenvalue weighted by Gasteiger charge is 2.12. The lowest BCUT2D eigenvalue weighted by Crippen LogP contribution is -2.05. The number of rotatable bonds is 3. The lowest BCUT2D eigenvalue weighted by atomic mass is 10.1. The fraction of sp³-hybridized carbons (Fsp3) is 0.143. The van der Waals surface area contributed by atoms with Crippen molar-refractivity contribution in [3.05, 3.63) is 53.1 Å². The summed E-state index contributed by atoms with van der Waals surface area (Å²) in [7, 11) is 0. The van der Waals surface area contributed by atoms with Gasteiger partial charge in [0.2, 0.25) is 0 Å². The summed E-state index contributed by atoms with van der Waals surface area (Å²) in [5, 5.41) is 21.5. The Kier molecular flexibility index (Phi) is 3.55. The summed E-state index contributed by atoms with van der Waals surface area (Å²) in [6, 6.07) is 6.93. The van der Waals surface area contributed by atoms with Crippen molar-refractivity contribution < 1.29 is 19.0 Å². The number of aryl methyl sites for hydroxylation is 1. The third kappa shape index (κ3) is 2.59. The molecule has 0 aromatic heterocycles. The van der Waals surface area contributed by atoms with Gasteiger partial charge in [-0.25, -0.2) is 8.78 Å². The van der Waals surface area contributed by atoms with Crippen LogP contribution in [-0.4, -0.2) is 10.2 Å². The van der Waals surface area contributed by atoms with Crippen LogP contribution < -0.4 is 5.32 Å². The van der Waals surface area contributed by atoms with Gasteiger partial charge in [0, 0.05) is 12.1 Å². The molecule has 0 aliphatic rings. The number of aromatic hydroxyl groups is 2. The molecule has 0 aliphatic heterocycles. The van der Waals surface area contributed by atoms with Crippen LogP contribution in [0.2, 0.25) is 0 Å². The smallest absolute Gasteiger partial charge is 0.162 e. The summed E-state index contributed by atoms with van der Waals surface area (Å²) < 4.78 is 27.2. The molecule has 0 amide bonds. The van der Waals surface area contributed by atoms with Crippen LogP contribution in [0.15, 0.2) is 30.3 Å². The summed E-state index contributed by atoms with van der Waals surface area (Å²) in [5.41, 5.74) is 0.423. The molecule has 0 heterocycles. The number of anilines is 1. The van der Waals surface area contributed by atoms with E-state index in [4.69, 9.17) is 0 Å². The van der Waals surface area contributed by atoms with Gasteiger partial charge >= 0.3 is 0 Å². The zero-order chi connectivity index (χ0) is 14.0. The Morgan fingerprint density at radius 2 is 1.84 bits per heavy atom. The zero-order valence-electron chi connectivity index (χ0n) is 10.2. The third-order valence-electron chi connectivity index (χ3n) is 2.84. The third-order valence-corrected chi connectivity index (χ3v) is 2.84. The Bertz CT molecular complexity index is 615. The standard InChI is InChI=1S/C14H13F2NO2/c1-8-5-6-10(15)13(12(8)16)17-7-9-3-2-4-11(18)14(9)19/h2-6,17-19H,7H2,1H3. The molecule has 2 rings (SSSR count). The van der Waals surface area contributed by atoms with Crippen LogP contribution in [0.3, 0.4) is 0 Å². The van der Waals surface area contributed by atoms with Crippen LogP contribution in [0, 0.1) is 18.6 Å². The molecule has 0 aliphatic carbocycles. The van der Waals surface area contributed by atoms with Gasteiger partial charge in [-0.2, -0.15) is 0 Å². The number of hydrogen-bond donors (Lipinski definition) is 3. The van der Waals surface area contributed by atoms with Gasteiger partial charge in [0.1, 0.15) is 11.5 Å². The largest absolute Gasteiger partial charge is 0.504 e. The average Bonchev–Trinajstić information content (AvgIpc) is 2.39. The average molecular weight is 265 g/mol. The first-order chi connectivity index (χ1) is 9.00. The summed E-state index contributed by atoms with van der Waals surface area (Å²) in [6.45, 7) is 1.53. The highest BCUT2D eigenvalue weighted by atomic mass is 19.1. The van der Waals surface area contributed by atoms with E-state index >= 15 is 0 Å². The molecule has 19 heavy (non-hydrogen) atoms. The Labute approximate surface area is 109 Å². The molecule has 2 aromatic rings. The number of phenols is 2. The number of nitrogens with one attached hydrogen (secondary N) is 1. The monoisotopic (exact) mass is 265 g/mol. The molecule has 0 saturated heterocycles. The van der Waals surface area contributed by atoms with Crippen molar-refractivity contribution in [3.8, 4) is 11.5 Å². The van der Waals surface area contributed by atoms with E-state index in [1.807, 2.05) is 0 Å². The van der Waals surface area contributed by atoms with Gasteiger partial charge in [-0.3, -0.25) is 0 Å². The van der Waals surface area contributed by atoms with Crippen LogP contribution in [0.5, 0.6) is 11.5 Å². The molecule has 2 aromatic carbocycles. The van der Waals surface area contributed by atoms with Crippen LogP contribution in [0.1, 0.15) is 11.1 Å². The molecule has 0 radical (unpaired) electrons. The van der Waals surface area contributed by atoms with Gasteiger partial charge in [0.25, 0.3) is 0 Å². The molecule has 0 unspecified atom stereocenters. The first-order valence-electron chi connectivity index (χ1n) is 5.69. The Morgan fingerprint density at radius 3 is 2.58 bits per heavy atom. The summed E-state index contributed by atoms with van der Waals surface area (Å²) in [4.78, 5) is 0. The van der Waals surface area contributed by atoms with E-state index in [0.717, 1.165) is 0 Å². The number of halogens is 2. The second-order valence-corrected chi connectivity index (χ2v) is 4.19. The summed E-state index contributed by atoms with van der Waals surface area (Å²) >= 11 is 0. The quantitative estimate of drug-likeness (QED) is 0.746. The highest BCUT2D eigenvalue weighted by Crippen LogP contribution is 2.29. The van der Waals surface area contributed by atoms with Gasteiger partial charge in [0.05, 0.1) is 0 Å². The SMILES string of the molecule is Cc1ccc(F)c(NCc2cccc(O)c2O)c1F. The minimum Gasteiger partial charge on any atom is -0.504 e. The van der Waals surface area contributed by atoms with Crippen molar-refractivity contribution in [2.45, 2.75) is 13.5 Å². The molecule has 0 bridgehead atoms. The minimum atomic E-state index is -0.706. The van der Waals surface area contributed by atoms with E-state index in [0.29, 0.717) is 11.1 Å². The van der Waals surface area contributed by atoms with E-state index < -0.39 is 11.6 Å². The van der Waals surface area contributed by atoms with E-state index in [1.54, 1.807) is 6.07 Å². The van der Waals surface area contributed by atoms with Crippen molar-refractivity contribution in [2.75, 3.05) is 5.32 Å². The fourth-order valence-corrected chi connectivity index (χ4v) is 1.72. The number of hydrogen-bond acceptors (Lipinski definition) is 3. The molecule has 0 spiro atoms. The molecule has 5 heteroatoms. The number of para-hydroxylation sites is 1. The molecule has 100 valence electrons. The Balaban J connectivity index is 2.24. The fourth-order valence-electron chi connectivity index (χ4n) is 1.72. The van der Waals surface area contributed by atoms with Crippen LogP contribution in [-0.2, 0) is 6.54 Å². The van der Waals surface area contributed by atoms with Gasteiger partial charge in [-0.05, 0) is 24.6 Å². The van der Waals surface area contributed by atoms with Crippen LogP contribution in [0.25, 0.3) is 0 Å². The van der Waals surface area contributed by atoms with Crippen molar-refractivity contribution in [2.24, 2.45) is 0 Å². The van der Waals surface area contributed by atoms with Crippen molar-refractivity contribution in [1.29, 1.82) is 0 Å². The maximum Gasteiger partial charge on any atom is 0.162 e. The Morgan fingerprint density at radius 1 is 1.11 bits per heavy atom. The van der Waals surface area contributed by atoms with Crippen molar-refractivity contribution in [1.82, 2.24) is 0 Å². The van der Waals surface area contributed by atoms with E-state index in [1.165, 1.54) is 31.2 Å². The first-order valence-corrected chi connectivity index (χ1v) is 5.69. The summed E-state index contributed by atoms with van der Waals surface area (Å²) in [6.07, 6.45) is 0. The maximum absolute atomic E-state index is 13.7. The van der Waals surface area contributed by atoms with Gasteiger partial charge < -0.3 is 15.5 Å². The lowest BCUT2D eigenvalue weighted by Gasteiger charge is -2.11. The van der Waals surface area contributed by atoms with Crippen LogP contribution >= 0.6 is 0 Å². The Hall–Kier alpha value is -2.30. The van der Waals surface area contributed by atoms with E-state index in [2.05, 4.69) is 5.32 Å². The van der Waals surface area contributed by atoms with Gasteiger partial charge in [-0.1, -0.05) is 18.2 Å². The van der Waals surface area contributed by atoms with Gasteiger partial charge in [0.15, 0.2) is 17.3 Å². The molecule has 0 fully saturated rings. The maximum atomic E-state index is 13.7. The van der Waals surface area contributed by atoms with E-state index in [9.17, 15) is 19.0 Å². The molecule has 0 atom stereocenters. The highest BCUT2D eigenvalue weighted by molar-refractivity contribution is 5.51. The van der Waals surface area contributed by atoms with Crippen molar-refractivity contribution >= 4 is 5.69 Å². The lowest BCUT2D eigenvalue weighted by molar-refractivity contribution is 0.400. The number of benzene rings is 2. The first kappa shape index (κ1) is 13.1. The molecule has 3 N–H and O–H groups in total. The number of phenolic OH excluding ortho intramolecular Hbond substituents is 2. The van der Waals surface area contributed by atoms with Crippen LogP contribution in [0.4, 0.5) is 14.5 Å². The molecule has 0 saturated carbocycles. The van der Waals surface area contributed by atoms with Gasteiger partial charge in [-0.15, -0.1) is 0 Å².